The minimum Gasteiger partial charge on any atom is -0.496 e. The molecule has 1 atom stereocenters. The Bertz CT molecular complexity index is 556. The van der Waals surface area contributed by atoms with E-state index in [1.54, 1.807) is 7.11 Å². The fraction of sp³-hybridized carbons (Fsp3) is 0.333. The highest BCUT2D eigenvalue weighted by Crippen LogP contribution is 2.29. The summed E-state index contributed by atoms with van der Waals surface area (Å²) in [5, 5.41) is 10.8. The molecule has 1 N–H and O–H groups in total. The SMILES string of the molecule is CCc1ccc(C(C)(O)Cc2ccccc2OC)cc1. The van der Waals surface area contributed by atoms with Gasteiger partial charge in [-0.25, -0.2) is 0 Å². The van der Waals surface area contributed by atoms with Crippen molar-refractivity contribution in [1.29, 1.82) is 0 Å². The Morgan fingerprint density at radius 1 is 1.05 bits per heavy atom. The molecule has 0 amide bonds. The van der Waals surface area contributed by atoms with Crippen LogP contribution in [-0.4, -0.2) is 12.2 Å². The van der Waals surface area contributed by atoms with Crippen molar-refractivity contribution in [3.05, 3.63) is 65.2 Å². The van der Waals surface area contributed by atoms with Crippen molar-refractivity contribution in [2.45, 2.75) is 32.3 Å². The fourth-order valence-corrected chi connectivity index (χ4v) is 2.42. The average Bonchev–Trinajstić information content (AvgIpc) is 2.47. The minimum absolute atomic E-state index is 0.530. The van der Waals surface area contributed by atoms with Gasteiger partial charge in [0.25, 0.3) is 0 Å². The van der Waals surface area contributed by atoms with Crippen molar-refractivity contribution in [3.63, 3.8) is 0 Å². The fourth-order valence-electron chi connectivity index (χ4n) is 2.42. The number of aryl methyl sites for hydroxylation is 1. The predicted octanol–water partition coefficient (Wildman–Crippen LogP) is 3.71. The third-order valence-electron chi connectivity index (χ3n) is 3.71. The van der Waals surface area contributed by atoms with Gasteiger partial charge in [0, 0.05) is 6.42 Å². The molecule has 0 fully saturated rings. The number of hydrogen-bond acceptors (Lipinski definition) is 2. The maximum Gasteiger partial charge on any atom is 0.122 e. The van der Waals surface area contributed by atoms with Gasteiger partial charge in [-0.15, -0.1) is 0 Å². The van der Waals surface area contributed by atoms with E-state index in [2.05, 4.69) is 19.1 Å². The van der Waals surface area contributed by atoms with E-state index < -0.39 is 5.60 Å². The van der Waals surface area contributed by atoms with Crippen molar-refractivity contribution >= 4 is 0 Å². The van der Waals surface area contributed by atoms with Gasteiger partial charge >= 0.3 is 0 Å². The molecule has 2 aromatic rings. The molecule has 20 heavy (non-hydrogen) atoms. The molecule has 0 spiro atoms. The van der Waals surface area contributed by atoms with Crippen molar-refractivity contribution in [1.82, 2.24) is 0 Å². The van der Waals surface area contributed by atoms with Gasteiger partial charge in [0.1, 0.15) is 5.75 Å². The number of para-hydroxylation sites is 1. The molecule has 0 radical (unpaired) electrons. The Labute approximate surface area is 121 Å². The molecule has 2 nitrogen and oxygen atoms in total. The van der Waals surface area contributed by atoms with E-state index in [0.29, 0.717) is 6.42 Å². The molecule has 0 saturated heterocycles. The van der Waals surface area contributed by atoms with Crippen LogP contribution >= 0.6 is 0 Å². The molecule has 0 aliphatic heterocycles. The van der Waals surface area contributed by atoms with Crippen LogP contribution in [0, 0.1) is 0 Å². The topological polar surface area (TPSA) is 29.5 Å². The van der Waals surface area contributed by atoms with Crippen molar-refractivity contribution in [2.75, 3.05) is 7.11 Å². The summed E-state index contributed by atoms with van der Waals surface area (Å²) in [6.07, 6.45) is 1.54. The zero-order valence-electron chi connectivity index (χ0n) is 12.4. The van der Waals surface area contributed by atoms with Gasteiger partial charge in [-0.05, 0) is 36.1 Å². The molecule has 0 bridgehead atoms. The lowest BCUT2D eigenvalue weighted by Crippen LogP contribution is -2.24. The Morgan fingerprint density at radius 3 is 2.30 bits per heavy atom. The summed E-state index contributed by atoms with van der Waals surface area (Å²) in [5.41, 5.74) is 2.32. The lowest BCUT2D eigenvalue weighted by molar-refractivity contribution is 0.0569. The molecule has 0 aliphatic rings. The van der Waals surface area contributed by atoms with Gasteiger partial charge in [0.05, 0.1) is 12.7 Å². The van der Waals surface area contributed by atoms with Crippen LogP contribution in [0.3, 0.4) is 0 Å². The van der Waals surface area contributed by atoms with Crippen LogP contribution in [-0.2, 0) is 18.4 Å². The first kappa shape index (κ1) is 14.6. The van der Waals surface area contributed by atoms with Crippen LogP contribution in [0.2, 0.25) is 0 Å². The number of hydrogen-bond donors (Lipinski definition) is 1. The highest BCUT2D eigenvalue weighted by molar-refractivity contribution is 5.36. The molecule has 0 saturated carbocycles. The Hall–Kier alpha value is -1.80. The van der Waals surface area contributed by atoms with Gasteiger partial charge in [-0.3, -0.25) is 0 Å². The molecule has 0 heterocycles. The summed E-state index contributed by atoms with van der Waals surface area (Å²) >= 11 is 0. The van der Waals surface area contributed by atoms with Crippen molar-refractivity contribution in [2.24, 2.45) is 0 Å². The van der Waals surface area contributed by atoms with Crippen molar-refractivity contribution in [3.8, 4) is 5.75 Å². The number of benzene rings is 2. The predicted molar refractivity (Wildman–Crippen MR) is 82.1 cm³/mol. The molecule has 2 aromatic carbocycles. The third kappa shape index (κ3) is 3.20. The first-order valence-corrected chi connectivity index (χ1v) is 7.00. The largest absolute Gasteiger partial charge is 0.496 e. The zero-order valence-corrected chi connectivity index (χ0v) is 12.4. The third-order valence-corrected chi connectivity index (χ3v) is 3.71. The molecule has 106 valence electrons. The summed E-state index contributed by atoms with van der Waals surface area (Å²) in [7, 11) is 1.66. The van der Waals surface area contributed by atoms with Crippen LogP contribution in [0.15, 0.2) is 48.5 Å². The Balaban J connectivity index is 2.25. The molecular formula is C18H22O2. The quantitative estimate of drug-likeness (QED) is 0.897. The Morgan fingerprint density at radius 2 is 1.70 bits per heavy atom. The molecule has 0 aliphatic carbocycles. The molecule has 2 rings (SSSR count). The van der Waals surface area contributed by atoms with E-state index in [0.717, 1.165) is 23.3 Å². The summed E-state index contributed by atoms with van der Waals surface area (Å²) in [4.78, 5) is 0. The first-order chi connectivity index (χ1) is 9.56. The first-order valence-electron chi connectivity index (χ1n) is 7.00. The second-order valence-electron chi connectivity index (χ2n) is 5.31. The number of ether oxygens (including phenoxy) is 1. The smallest absolute Gasteiger partial charge is 0.122 e. The number of rotatable bonds is 5. The van der Waals surface area contributed by atoms with Crippen LogP contribution in [0.5, 0.6) is 5.75 Å². The van der Waals surface area contributed by atoms with Crippen LogP contribution < -0.4 is 4.74 Å². The van der Waals surface area contributed by atoms with Crippen LogP contribution in [0.1, 0.15) is 30.5 Å². The monoisotopic (exact) mass is 270 g/mol. The van der Waals surface area contributed by atoms with Crippen LogP contribution in [0.25, 0.3) is 0 Å². The average molecular weight is 270 g/mol. The maximum absolute atomic E-state index is 10.8. The summed E-state index contributed by atoms with van der Waals surface area (Å²) < 4.78 is 5.35. The highest BCUT2D eigenvalue weighted by Gasteiger charge is 2.24. The molecular weight excluding hydrogens is 248 g/mol. The van der Waals surface area contributed by atoms with Gasteiger partial charge in [-0.2, -0.15) is 0 Å². The molecule has 2 heteroatoms. The van der Waals surface area contributed by atoms with E-state index >= 15 is 0 Å². The van der Waals surface area contributed by atoms with E-state index in [4.69, 9.17) is 4.74 Å². The summed E-state index contributed by atoms with van der Waals surface area (Å²) in [5.74, 6) is 0.818. The summed E-state index contributed by atoms with van der Waals surface area (Å²) in [6.45, 7) is 3.97. The van der Waals surface area contributed by atoms with Gasteiger partial charge in [0.2, 0.25) is 0 Å². The van der Waals surface area contributed by atoms with Crippen LogP contribution in [0.4, 0.5) is 0 Å². The number of aliphatic hydroxyl groups is 1. The standard InChI is InChI=1S/C18H22O2/c1-4-14-9-11-16(12-10-14)18(2,19)13-15-7-5-6-8-17(15)20-3/h5-12,19H,4,13H2,1-3H3. The lowest BCUT2D eigenvalue weighted by Gasteiger charge is -2.25. The lowest BCUT2D eigenvalue weighted by atomic mass is 9.88. The normalized spacial score (nSPS) is 13.8. The van der Waals surface area contributed by atoms with Gasteiger partial charge in [-0.1, -0.05) is 49.4 Å². The van der Waals surface area contributed by atoms with E-state index in [1.807, 2.05) is 43.3 Å². The highest BCUT2D eigenvalue weighted by atomic mass is 16.5. The van der Waals surface area contributed by atoms with E-state index in [-0.39, 0.29) is 0 Å². The van der Waals surface area contributed by atoms with Gasteiger partial charge < -0.3 is 9.84 Å². The molecule has 0 aromatic heterocycles. The Kier molecular flexibility index (Phi) is 4.46. The van der Waals surface area contributed by atoms with E-state index in [9.17, 15) is 5.11 Å². The second kappa shape index (κ2) is 6.10. The second-order valence-corrected chi connectivity index (χ2v) is 5.31. The maximum atomic E-state index is 10.8. The minimum atomic E-state index is -0.902. The van der Waals surface area contributed by atoms with Gasteiger partial charge in [0.15, 0.2) is 0 Å². The number of methoxy groups -OCH3 is 1. The summed E-state index contributed by atoms with van der Waals surface area (Å²) in [6, 6.07) is 16.0. The van der Waals surface area contributed by atoms with Crippen molar-refractivity contribution < 1.29 is 9.84 Å². The van der Waals surface area contributed by atoms with E-state index in [1.165, 1.54) is 5.56 Å². The zero-order chi connectivity index (χ0) is 14.6. The molecule has 1 unspecified atom stereocenters.